The summed E-state index contributed by atoms with van der Waals surface area (Å²) >= 11 is 10.8. The molecule has 0 saturated carbocycles. The highest BCUT2D eigenvalue weighted by Gasteiger charge is 2.12. The summed E-state index contributed by atoms with van der Waals surface area (Å²) in [5, 5.41) is 0. The minimum atomic E-state index is -2.47. The molecule has 0 bridgehead atoms. The van der Waals surface area contributed by atoms with Gasteiger partial charge in [-0.05, 0) is 24.7 Å². The van der Waals surface area contributed by atoms with Crippen molar-refractivity contribution in [3.63, 3.8) is 0 Å². The largest absolute Gasteiger partial charge is 0.691 e. The van der Waals surface area contributed by atoms with Gasteiger partial charge in [-0.1, -0.05) is 78.0 Å². The fourth-order valence-electron chi connectivity index (χ4n) is 2.23. The summed E-state index contributed by atoms with van der Waals surface area (Å²) in [6.45, 7) is 10.2. The Balaban J connectivity index is 4.08. The molecule has 0 spiro atoms. The fourth-order valence-corrected chi connectivity index (χ4v) is 3.82. The molecule has 2 nitrogen and oxygen atoms in total. The second-order valence-electron chi connectivity index (χ2n) is 5.87. The fraction of sp³-hybridized carbons (Fsp3) is 1.00. The van der Waals surface area contributed by atoms with Crippen LogP contribution in [0.5, 0.6) is 0 Å². The molecule has 0 aromatic rings. The van der Waals surface area contributed by atoms with Crippen LogP contribution in [0.25, 0.3) is 0 Å². The molecular weight excluding hydrogens is 319 g/mol. The molecule has 21 heavy (non-hydrogen) atoms. The Morgan fingerprint density at radius 1 is 0.857 bits per heavy atom. The zero-order valence-corrected chi connectivity index (χ0v) is 16.8. The molecule has 0 radical (unpaired) electrons. The maximum Gasteiger partial charge on any atom is 0.0564 e. The lowest BCUT2D eigenvalue weighted by Gasteiger charge is -2.31. The first-order chi connectivity index (χ1) is 9.99. The van der Waals surface area contributed by atoms with Crippen LogP contribution in [0.3, 0.4) is 0 Å². The van der Waals surface area contributed by atoms with E-state index in [0.29, 0.717) is 25.0 Å². The van der Waals surface area contributed by atoms with Crippen molar-refractivity contribution in [1.29, 1.82) is 0 Å². The average molecular weight is 354 g/mol. The van der Waals surface area contributed by atoms with Crippen LogP contribution in [0.1, 0.15) is 79.1 Å². The zero-order valence-electron chi connectivity index (χ0n) is 14.3. The van der Waals surface area contributed by atoms with E-state index < -0.39 is 5.69 Å². The van der Waals surface area contributed by atoms with Gasteiger partial charge in [0.1, 0.15) is 0 Å². The van der Waals surface area contributed by atoms with Crippen molar-refractivity contribution in [3.05, 3.63) is 0 Å². The highest BCUT2D eigenvalue weighted by molar-refractivity contribution is 8.51. The van der Waals surface area contributed by atoms with Gasteiger partial charge in [0.25, 0.3) is 0 Å². The van der Waals surface area contributed by atoms with E-state index in [2.05, 4.69) is 27.7 Å². The third-order valence-corrected chi connectivity index (χ3v) is 6.22. The average Bonchev–Trinajstić information content (AvgIpc) is 2.47. The molecular formula is C16H34O2PS2-. The molecule has 128 valence electrons. The smallest absolute Gasteiger partial charge is 0.0564 e. The Labute approximate surface area is 143 Å². The van der Waals surface area contributed by atoms with Crippen LogP contribution in [0.15, 0.2) is 0 Å². The maximum absolute atomic E-state index is 5.80. The summed E-state index contributed by atoms with van der Waals surface area (Å²) in [5.41, 5.74) is -2.47. The summed E-state index contributed by atoms with van der Waals surface area (Å²) in [4.78, 5) is 0. The molecule has 2 unspecified atom stereocenters. The molecule has 0 heterocycles. The lowest BCUT2D eigenvalue weighted by atomic mass is 10.0. The lowest BCUT2D eigenvalue weighted by Crippen LogP contribution is -2.11. The van der Waals surface area contributed by atoms with Crippen LogP contribution in [0, 0.1) is 11.8 Å². The summed E-state index contributed by atoms with van der Waals surface area (Å²) in [7, 11) is 0. The minimum Gasteiger partial charge on any atom is -0.691 e. The molecule has 0 aromatic carbocycles. The predicted octanol–water partition coefficient (Wildman–Crippen LogP) is 6.22. The van der Waals surface area contributed by atoms with Crippen LogP contribution >= 0.6 is 5.69 Å². The van der Waals surface area contributed by atoms with Crippen molar-refractivity contribution in [3.8, 4) is 0 Å². The molecule has 0 N–H and O–H groups in total. The van der Waals surface area contributed by atoms with Gasteiger partial charge in [-0.3, -0.25) is 0 Å². The molecule has 0 aromatic heterocycles. The minimum absolute atomic E-state index is 0.570. The van der Waals surface area contributed by atoms with Crippen molar-refractivity contribution in [2.45, 2.75) is 79.1 Å². The third kappa shape index (κ3) is 12.1. The van der Waals surface area contributed by atoms with Crippen molar-refractivity contribution in [2.24, 2.45) is 11.8 Å². The second-order valence-corrected chi connectivity index (χ2v) is 10.9. The van der Waals surface area contributed by atoms with E-state index in [4.69, 9.17) is 33.1 Å². The molecule has 0 aliphatic heterocycles. The first-order valence-corrected chi connectivity index (χ1v) is 12.2. The summed E-state index contributed by atoms with van der Waals surface area (Å²) in [6, 6.07) is 0. The van der Waals surface area contributed by atoms with Crippen LogP contribution in [-0.2, 0) is 33.1 Å². The zero-order chi connectivity index (χ0) is 16.1. The number of rotatable bonds is 14. The molecule has 0 amide bonds. The highest BCUT2D eigenvalue weighted by atomic mass is 32.9. The Morgan fingerprint density at radius 2 is 1.24 bits per heavy atom. The molecule has 0 saturated heterocycles. The van der Waals surface area contributed by atoms with Crippen molar-refractivity contribution in [2.75, 3.05) is 13.2 Å². The topological polar surface area (TPSA) is 18.5 Å². The normalized spacial score (nSPS) is 17.4. The molecule has 0 fully saturated rings. The summed E-state index contributed by atoms with van der Waals surface area (Å²) in [6.07, 6.45) is 9.60. The first kappa shape index (κ1) is 21.9. The number of unbranched alkanes of at least 4 members (excludes halogenated alkanes) is 2. The van der Waals surface area contributed by atoms with Gasteiger partial charge in [0, 0.05) is 0 Å². The standard InChI is InChI=1S/C16H35O2PS2/c1-5-9-11-15(7-3)13-17-19(20,21)18-14-16(8-4)12-10-6-2/h15-16H,5-14H2,1-4H3,(H,20,21)/p-1. The van der Waals surface area contributed by atoms with E-state index in [1.165, 1.54) is 38.5 Å². The highest BCUT2D eigenvalue weighted by Crippen LogP contribution is 2.47. The van der Waals surface area contributed by atoms with Crippen molar-refractivity contribution in [1.82, 2.24) is 0 Å². The van der Waals surface area contributed by atoms with Gasteiger partial charge in [0.2, 0.25) is 0 Å². The molecule has 5 heteroatoms. The van der Waals surface area contributed by atoms with Crippen LogP contribution < -0.4 is 0 Å². The van der Waals surface area contributed by atoms with Gasteiger partial charge in [0.15, 0.2) is 0 Å². The number of hydrogen-bond donors (Lipinski definition) is 0. The Kier molecular flexibility index (Phi) is 14.0. The van der Waals surface area contributed by atoms with Gasteiger partial charge in [-0.15, -0.1) is 0 Å². The van der Waals surface area contributed by atoms with Gasteiger partial charge >= 0.3 is 0 Å². The van der Waals surface area contributed by atoms with E-state index in [1.807, 2.05) is 0 Å². The quantitative estimate of drug-likeness (QED) is 0.272. The van der Waals surface area contributed by atoms with E-state index in [0.717, 1.165) is 12.8 Å². The second kappa shape index (κ2) is 13.4. The molecule has 0 aliphatic rings. The van der Waals surface area contributed by atoms with Gasteiger partial charge in [-0.2, -0.15) is 0 Å². The summed E-state index contributed by atoms with van der Waals surface area (Å²) < 4.78 is 11.6. The van der Waals surface area contributed by atoms with Gasteiger partial charge < -0.3 is 21.3 Å². The Hall–Kier alpha value is 0.920. The Bertz CT molecular complexity index is 263. The van der Waals surface area contributed by atoms with E-state index >= 15 is 0 Å². The first-order valence-electron chi connectivity index (χ1n) is 8.59. The van der Waals surface area contributed by atoms with Crippen LogP contribution in [0.4, 0.5) is 0 Å². The molecule has 0 rings (SSSR count). The lowest BCUT2D eigenvalue weighted by molar-refractivity contribution is 0.188. The van der Waals surface area contributed by atoms with Gasteiger partial charge in [0.05, 0.1) is 18.9 Å². The third-order valence-electron chi connectivity index (χ3n) is 4.02. The van der Waals surface area contributed by atoms with E-state index in [1.54, 1.807) is 0 Å². The van der Waals surface area contributed by atoms with Crippen LogP contribution in [-0.4, -0.2) is 13.2 Å². The monoisotopic (exact) mass is 353 g/mol. The Morgan fingerprint density at radius 3 is 1.52 bits per heavy atom. The van der Waals surface area contributed by atoms with E-state index in [-0.39, 0.29) is 0 Å². The van der Waals surface area contributed by atoms with Crippen molar-refractivity contribution < 1.29 is 9.05 Å². The van der Waals surface area contributed by atoms with Crippen LogP contribution in [0.2, 0.25) is 0 Å². The predicted molar refractivity (Wildman–Crippen MR) is 100 cm³/mol. The number of hydrogen-bond acceptors (Lipinski definition) is 4. The summed E-state index contributed by atoms with van der Waals surface area (Å²) in [5.74, 6) is 1.14. The van der Waals surface area contributed by atoms with E-state index in [9.17, 15) is 0 Å². The van der Waals surface area contributed by atoms with Gasteiger partial charge in [-0.25, -0.2) is 0 Å². The molecule has 2 atom stereocenters. The maximum atomic E-state index is 5.80. The molecule has 0 aliphatic carbocycles. The van der Waals surface area contributed by atoms with Crippen molar-refractivity contribution >= 4 is 29.7 Å². The SMILES string of the molecule is CCCCC(CC)COP(=S)([S-])OCC(CC)CCCC.